The summed E-state index contributed by atoms with van der Waals surface area (Å²) in [6.45, 7) is 0.627. The van der Waals surface area contributed by atoms with Gasteiger partial charge in [0.25, 0.3) is 0 Å². The van der Waals surface area contributed by atoms with E-state index in [-0.39, 0.29) is 6.10 Å². The fourth-order valence-corrected chi connectivity index (χ4v) is 1.15. The highest BCUT2D eigenvalue weighted by Crippen LogP contribution is 2.09. The molecule has 1 aliphatic heterocycles. The molecule has 0 aliphatic carbocycles. The molecule has 0 aromatic heterocycles. The molecule has 0 saturated carbocycles. The van der Waals surface area contributed by atoms with Crippen molar-refractivity contribution in [3.05, 3.63) is 0 Å². The molecule has 0 amide bonds. The maximum atomic E-state index is 10.1. The van der Waals surface area contributed by atoms with E-state index >= 15 is 0 Å². The van der Waals surface area contributed by atoms with Crippen LogP contribution >= 0.6 is 0 Å². The summed E-state index contributed by atoms with van der Waals surface area (Å²) >= 11 is 0. The maximum Gasteiger partial charge on any atom is 0.378 e. The Hall–Kier alpha value is -0.460. The Bertz CT molecular complexity index is 239. The van der Waals surface area contributed by atoms with Gasteiger partial charge in [-0.2, -0.15) is 8.42 Å². The molecule has 1 unspecified atom stereocenters. The van der Waals surface area contributed by atoms with Crippen molar-refractivity contribution in [2.24, 2.45) is 4.40 Å². The summed E-state index contributed by atoms with van der Waals surface area (Å²) < 4.78 is 36.3. The van der Waals surface area contributed by atoms with E-state index in [1.165, 1.54) is 0 Å². The van der Waals surface area contributed by atoms with Gasteiger partial charge >= 0.3 is 10.3 Å². The van der Waals surface area contributed by atoms with Crippen LogP contribution in [0, 0.1) is 0 Å². The second kappa shape index (κ2) is 3.29. The van der Waals surface area contributed by atoms with Crippen LogP contribution in [-0.2, 0) is 15.0 Å². The third-order valence-electron chi connectivity index (χ3n) is 1.33. The molecule has 1 aliphatic rings. The molecule has 64 valence electrons. The van der Waals surface area contributed by atoms with Gasteiger partial charge in [-0.05, 0) is 12.8 Å². The smallest absolute Gasteiger partial charge is 0.373 e. The summed E-state index contributed by atoms with van der Waals surface area (Å²) in [5, 5.41) is 0. The van der Waals surface area contributed by atoms with E-state index in [2.05, 4.69) is 4.40 Å². The summed E-state index contributed by atoms with van der Waals surface area (Å²) in [4.78, 5) is 0. The number of nitrogens with zero attached hydrogens (tertiary/aromatic N) is 1. The highest BCUT2D eigenvalue weighted by atomic mass is 32.2. The van der Waals surface area contributed by atoms with E-state index < -0.39 is 10.3 Å². The average Bonchev–Trinajstić information content (AvgIpc) is 2.32. The number of ether oxygens (including phenoxy) is 1. The van der Waals surface area contributed by atoms with Crippen LogP contribution in [-0.4, -0.2) is 31.9 Å². The minimum atomic E-state index is -4.22. The summed E-state index contributed by atoms with van der Waals surface area (Å²) in [6.07, 6.45) is 2.53. The largest absolute Gasteiger partial charge is 0.378 e. The lowest BCUT2D eigenvalue weighted by molar-refractivity contribution is 0.162. The molecule has 1 N–H and O–H groups in total. The van der Waals surface area contributed by atoms with Gasteiger partial charge in [-0.1, -0.05) is 0 Å². The van der Waals surface area contributed by atoms with E-state index in [1.54, 1.807) is 0 Å². The van der Waals surface area contributed by atoms with Crippen LogP contribution in [0.1, 0.15) is 12.8 Å². The van der Waals surface area contributed by atoms with Crippen molar-refractivity contribution < 1.29 is 17.7 Å². The monoisotopic (exact) mass is 179 g/mol. The molecule has 0 aromatic carbocycles. The SMILES string of the molecule is O=S(=O)(O)N=CC1CCCO1. The van der Waals surface area contributed by atoms with Crippen LogP contribution in [0.2, 0.25) is 0 Å². The van der Waals surface area contributed by atoms with Gasteiger partial charge in [-0.3, -0.25) is 4.55 Å². The van der Waals surface area contributed by atoms with Crippen molar-refractivity contribution in [3.63, 3.8) is 0 Å². The quantitative estimate of drug-likeness (QED) is 0.479. The van der Waals surface area contributed by atoms with Crippen molar-refractivity contribution in [1.82, 2.24) is 0 Å². The Morgan fingerprint density at radius 3 is 2.82 bits per heavy atom. The Morgan fingerprint density at radius 1 is 1.64 bits per heavy atom. The first-order valence-corrected chi connectivity index (χ1v) is 4.62. The predicted octanol–water partition coefficient (Wildman–Crippen LogP) is 0.0390. The van der Waals surface area contributed by atoms with Crippen LogP contribution < -0.4 is 0 Å². The molecule has 1 saturated heterocycles. The normalized spacial score (nSPS) is 26.5. The first-order chi connectivity index (χ1) is 5.08. The minimum absolute atomic E-state index is 0.253. The Balaban J connectivity index is 2.47. The van der Waals surface area contributed by atoms with Gasteiger partial charge in [0.15, 0.2) is 0 Å². The summed E-state index contributed by atoms with van der Waals surface area (Å²) in [5.41, 5.74) is 0. The summed E-state index contributed by atoms with van der Waals surface area (Å²) in [6, 6.07) is 0. The molecule has 6 heteroatoms. The number of hydrogen-bond acceptors (Lipinski definition) is 3. The van der Waals surface area contributed by atoms with Gasteiger partial charge in [-0.25, -0.2) is 0 Å². The third-order valence-corrected chi connectivity index (χ3v) is 1.71. The van der Waals surface area contributed by atoms with Gasteiger partial charge in [-0.15, -0.1) is 4.40 Å². The molecule has 0 radical (unpaired) electrons. The fraction of sp³-hybridized carbons (Fsp3) is 0.800. The van der Waals surface area contributed by atoms with Crippen molar-refractivity contribution in [3.8, 4) is 0 Å². The lowest BCUT2D eigenvalue weighted by atomic mass is 10.3. The molecule has 1 heterocycles. The minimum Gasteiger partial charge on any atom is -0.373 e. The Kier molecular flexibility index (Phi) is 2.58. The molecule has 5 nitrogen and oxygen atoms in total. The standard InChI is InChI=1S/C5H9NO4S/c7-11(8,9)6-4-5-2-1-3-10-5/h4-5H,1-3H2,(H,7,8,9). The van der Waals surface area contributed by atoms with Gasteiger partial charge in [0.1, 0.15) is 0 Å². The topological polar surface area (TPSA) is 76.0 Å². The third kappa shape index (κ3) is 3.45. The molecule has 0 spiro atoms. The molecule has 1 rings (SSSR count). The first kappa shape index (κ1) is 8.63. The molecular weight excluding hydrogens is 170 g/mol. The molecule has 1 atom stereocenters. The van der Waals surface area contributed by atoms with Crippen LogP contribution in [0.4, 0.5) is 0 Å². The maximum absolute atomic E-state index is 10.1. The highest BCUT2D eigenvalue weighted by Gasteiger charge is 2.13. The zero-order chi connectivity index (χ0) is 8.32. The van der Waals surface area contributed by atoms with Crippen molar-refractivity contribution in [1.29, 1.82) is 0 Å². The van der Waals surface area contributed by atoms with Crippen LogP contribution in [0.15, 0.2) is 4.40 Å². The van der Waals surface area contributed by atoms with Crippen molar-refractivity contribution in [2.75, 3.05) is 6.61 Å². The van der Waals surface area contributed by atoms with Gasteiger partial charge < -0.3 is 4.74 Å². The lowest BCUT2D eigenvalue weighted by Crippen LogP contribution is -2.07. The van der Waals surface area contributed by atoms with E-state index in [9.17, 15) is 8.42 Å². The second-order valence-corrected chi connectivity index (χ2v) is 3.36. The molecule has 11 heavy (non-hydrogen) atoms. The summed E-state index contributed by atoms with van der Waals surface area (Å²) in [5.74, 6) is 0. The van der Waals surface area contributed by atoms with E-state index in [1.807, 2.05) is 0 Å². The average molecular weight is 179 g/mol. The fourth-order valence-electron chi connectivity index (χ4n) is 0.865. The molecular formula is C5H9NO4S. The molecule has 1 fully saturated rings. The lowest BCUT2D eigenvalue weighted by Gasteiger charge is -1.98. The number of hydrogen-bond donors (Lipinski definition) is 1. The van der Waals surface area contributed by atoms with Crippen LogP contribution in [0.25, 0.3) is 0 Å². The zero-order valence-electron chi connectivity index (χ0n) is 5.80. The highest BCUT2D eigenvalue weighted by molar-refractivity contribution is 7.84. The zero-order valence-corrected chi connectivity index (χ0v) is 6.62. The first-order valence-electron chi connectivity index (χ1n) is 3.22. The molecule has 0 aromatic rings. The van der Waals surface area contributed by atoms with Crippen molar-refractivity contribution >= 4 is 16.5 Å². The van der Waals surface area contributed by atoms with E-state index in [0.717, 1.165) is 19.1 Å². The van der Waals surface area contributed by atoms with E-state index in [0.29, 0.717) is 6.61 Å². The predicted molar refractivity (Wildman–Crippen MR) is 39.0 cm³/mol. The summed E-state index contributed by atoms with van der Waals surface area (Å²) in [7, 11) is -4.22. The van der Waals surface area contributed by atoms with Crippen LogP contribution in [0.5, 0.6) is 0 Å². The van der Waals surface area contributed by atoms with Crippen LogP contribution in [0.3, 0.4) is 0 Å². The molecule has 0 bridgehead atoms. The number of rotatable bonds is 2. The van der Waals surface area contributed by atoms with Gasteiger partial charge in [0.05, 0.1) is 6.10 Å². The van der Waals surface area contributed by atoms with E-state index in [4.69, 9.17) is 9.29 Å². The van der Waals surface area contributed by atoms with Crippen molar-refractivity contribution in [2.45, 2.75) is 18.9 Å². The Morgan fingerprint density at radius 2 is 2.36 bits per heavy atom. The van der Waals surface area contributed by atoms with Gasteiger partial charge in [0.2, 0.25) is 0 Å². The second-order valence-electron chi connectivity index (χ2n) is 2.25. The Labute approximate surface area is 65.0 Å². The van der Waals surface area contributed by atoms with Gasteiger partial charge in [0, 0.05) is 12.8 Å².